The quantitative estimate of drug-likeness (QED) is 0.442. The lowest BCUT2D eigenvalue weighted by atomic mass is 10.1. The van der Waals surface area contributed by atoms with E-state index < -0.39 is 5.25 Å². The van der Waals surface area contributed by atoms with Gasteiger partial charge in [-0.05, 0) is 56.6 Å². The summed E-state index contributed by atoms with van der Waals surface area (Å²) in [6, 6.07) is 16.6. The Balaban J connectivity index is 1.70. The van der Waals surface area contributed by atoms with Gasteiger partial charge in [-0.1, -0.05) is 61.2 Å². The lowest BCUT2D eigenvalue weighted by molar-refractivity contribution is -0.120. The highest BCUT2D eigenvalue weighted by molar-refractivity contribution is 8.00. The molecule has 2 unspecified atom stereocenters. The van der Waals surface area contributed by atoms with Crippen molar-refractivity contribution in [3.05, 3.63) is 77.4 Å². The lowest BCUT2D eigenvalue weighted by Crippen LogP contribution is -2.30. The van der Waals surface area contributed by atoms with Gasteiger partial charge in [-0.25, -0.2) is 4.39 Å². The van der Waals surface area contributed by atoms with E-state index >= 15 is 0 Å². The van der Waals surface area contributed by atoms with Crippen molar-refractivity contribution < 1.29 is 9.18 Å². The fraction of sp³-hybridized carbons (Fsp3) is 0.400. The molecule has 8 heteroatoms. The standard InChI is InChI=1S/C25H30FN5OS/c1-4-21(30(2)3)23-28-29-25(31(23)16-17-8-6-5-7-9-17)33-22(24(32)27-20-14-15-20)18-10-12-19(26)13-11-18/h5-13,20-22H,4,14-16H2,1-3H3,(H,27,32). The van der Waals surface area contributed by atoms with Gasteiger partial charge in [0.05, 0.1) is 12.6 Å². The van der Waals surface area contributed by atoms with Crippen LogP contribution in [-0.4, -0.2) is 45.7 Å². The lowest BCUT2D eigenvalue weighted by Gasteiger charge is -2.23. The summed E-state index contributed by atoms with van der Waals surface area (Å²) in [5, 5.41) is 12.3. The van der Waals surface area contributed by atoms with E-state index in [0.717, 1.165) is 36.2 Å². The number of nitrogens with one attached hydrogen (secondary N) is 1. The number of carbonyl (C=O) groups excluding carboxylic acids is 1. The number of halogens is 1. The molecule has 2 atom stereocenters. The molecule has 6 nitrogen and oxygen atoms in total. The summed E-state index contributed by atoms with van der Waals surface area (Å²) in [5.74, 6) is 0.468. The average molecular weight is 468 g/mol. The Labute approximate surface area is 198 Å². The summed E-state index contributed by atoms with van der Waals surface area (Å²) >= 11 is 1.37. The Hall–Kier alpha value is -2.71. The highest BCUT2D eigenvalue weighted by Gasteiger charge is 2.31. The number of benzene rings is 2. The molecule has 1 aliphatic rings. The van der Waals surface area contributed by atoms with Crippen LogP contribution in [0, 0.1) is 5.82 Å². The molecule has 1 saturated carbocycles. The Morgan fingerprint density at radius 3 is 2.45 bits per heavy atom. The smallest absolute Gasteiger partial charge is 0.238 e. The Morgan fingerprint density at radius 2 is 1.85 bits per heavy atom. The second-order valence-electron chi connectivity index (χ2n) is 8.63. The first-order valence-corrected chi connectivity index (χ1v) is 12.2. The number of aromatic nitrogens is 3. The van der Waals surface area contributed by atoms with Crippen molar-refractivity contribution in [3.8, 4) is 0 Å². The van der Waals surface area contributed by atoms with Gasteiger partial charge in [0, 0.05) is 6.04 Å². The van der Waals surface area contributed by atoms with Gasteiger partial charge in [0.1, 0.15) is 11.1 Å². The monoisotopic (exact) mass is 467 g/mol. The predicted octanol–water partition coefficient (Wildman–Crippen LogP) is 4.59. The molecule has 0 radical (unpaired) electrons. The number of amides is 1. The maximum absolute atomic E-state index is 13.6. The van der Waals surface area contributed by atoms with Gasteiger partial charge in [-0.2, -0.15) is 0 Å². The van der Waals surface area contributed by atoms with Gasteiger partial charge in [0.15, 0.2) is 11.0 Å². The van der Waals surface area contributed by atoms with E-state index in [1.165, 1.54) is 23.9 Å². The van der Waals surface area contributed by atoms with E-state index in [0.29, 0.717) is 11.7 Å². The highest BCUT2D eigenvalue weighted by atomic mass is 32.2. The van der Waals surface area contributed by atoms with E-state index in [4.69, 9.17) is 0 Å². The molecule has 3 aromatic rings. The normalized spacial score (nSPS) is 15.4. The molecule has 0 saturated heterocycles. The Morgan fingerprint density at radius 1 is 1.15 bits per heavy atom. The molecule has 2 aromatic carbocycles. The molecule has 1 N–H and O–H groups in total. The predicted molar refractivity (Wildman–Crippen MR) is 128 cm³/mol. The van der Waals surface area contributed by atoms with Crippen LogP contribution in [0.1, 0.15) is 54.4 Å². The zero-order valence-electron chi connectivity index (χ0n) is 19.2. The van der Waals surface area contributed by atoms with Gasteiger partial charge < -0.3 is 9.88 Å². The van der Waals surface area contributed by atoms with Crippen LogP contribution in [-0.2, 0) is 11.3 Å². The van der Waals surface area contributed by atoms with Crippen molar-refractivity contribution >= 4 is 17.7 Å². The number of carbonyl (C=O) groups is 1. The van der Waals surface area contributed by atoms with Crippen molar-refractivity contribution in [2.45, 2.75) is 55.2 Å². The first kappa shape index (κ1) is 23.4. The SMILES string of the molecule is CCC(c1nnc(SC(C(=O)NC2CC2)c2ccc(F)cc2)n1Cc1ccccc1)N(C)C. The van der Waals surface area contributed by atoms with E-state index in [9.17, 15) is 9.18 Å². The van der Waals surface area contributed by atoms with Crippen molar-refractivity contribution in [3.63, 3.8) is 0 Å². The topological polar surface area (TPSA) is 63.1 Å². The molecule has 33 heavy (non-hydrogen) atoms. The molecule has 0 aliphatic heterocycles. The third-order valence-electron chi connectivity index (χ3n) is 5.79. The van der Waals surface area contributed by atoms with Crippen LogP contribution in [0.5, 0.6) is 0 Å². The maximum atomic E-state index is 13.6. The highest BCUT2D eigenvalue weighted by Crippen LogP contribution is 2.37. The maximum Gasteiger partial charge on any atom is 0.238 e. The van der Waals surface area contributed by atoms with Crippen molar-refractivity contribution in [1.82, 2.24) is 25.0 Å². The molecule has 0 spiro atoms. The zero-order valence-corrected chi connectivity index (χ0v) is 20.1. The van der Waals surface area contributed by atoms with Crippen molar-refractivity contribution in [2.75, 3.05) is 14.1 Å². The largest absolute Gasteiger partial charge is 0.352 e. The van der Waals surface area contributed by atoms with E-state index in [1.54, 1.807) is 12.1 Å². The van der Waals surface area contributed by atoms with E-state index in [1.807, 2.05) is 32.3 Å². The number of hydrogen-bond acceptors (Lipinski definition) is 5. The van der Waals surface area contributed by atoms with Crippen LogP contribution >= 0.6 is 11.8 Å². The summed E-state index contributed by atoms with van der Waals surface area (Å²) in [4.78, 5) is 15.3. The third-order valence-corrected chi connectivity index (χ3v) is 7.03. The minimum Gasteiger partial charge on any atom is -0.352 e. The van der Waals surface area contributed by atoms with Gasteiger partial charge in [0.2, 0.25) is 5.91 Å². The van der Waals surface area contributed by atoms with Crippen LogP contribution in [0.4, 0.5) is 4.39 Å². The molecular formula is C25H30FN5OS. The molecule has 4 rings (SSSR count). The molecule has 1 aromatic heterocycles. The van der Waals surface area contributed by atoms with Gasteiger partial charge in [-0.15, -0.1) is 10.2 Å². The van der Waals surface area contributed by atoms with Crippen LogP contribution in [0.15, 0.2) is 59.8 Å². The van der Waals surface area contributed by atoms with Crippen molar-refractivity contribution in [1.29, 1.82) is 0 Å². The molecular weight excluding hydrogens is 437 g/mol. The van der Waals surface area contributed by atoms with Crippen LogP contribution in [0.25, 0.3) is 0 Å². The minimum atomic E-state index is -0.544. The molecule has 1 heterocycles. The Kier molecular flexibility index (Phi) is 7.45. The van der Waals surface area contributed by atoms with Gasteiger partial charge >= 0.3 is 0 Å². The fourth-order valence-corrected chi connectivity index (χ4v) is 4.90. The number of hydrogen-bond donors (Lipinski definition) is 1. The summed E-state index contributed by atoms with van der Waals surface area (Å²) in [7, 11) is 4.07. The fourth-order valence-electron chi connectivity index (χ4n) is 3.85. The third kappa shape index (κ3) is 5.81. The molecule has 0 bridgehead atoms. The van der Waals surface area contributed by atoms with Gasteiger partial charge in [-0.3, -0.25) is 9.69 Å². The number of nitrogens with zero attached hydrogens (tertiary/aromatic N) is 4. The molecule has 1 fully saturated rings. The van der Waals surface area contributed by atoms with E-state index in [-0.39, 0.29) is 23.8 Å². The second kappa shape index (κ2) is 10.5. The van der Waals surface area contributed by atoms with Crippen LogP contribution in [0.3, 0.4) is 0 Å². The minimum absolute atomic E-state index is 0.0791. The molecule has 1 amide bonds. The first-order chi connectivity index (χ1) is 16.0. The Bertz CT molecular complexity index is 1070. The first-order valence-electron chi connectivity index (χ1n) is 11.3. The van der Waals surface area contributed by atoms with Gasteiger partial charge in [0.25, 0.3) is 0 Å². The van der Waals surface area contributed by atoms with Crippen LogP contribution in [0.2, 0.25) is 0 Å². The van der Waals surface area contributed by atoms with Crippen LogP contribution < -0.4 is 5.32 Å². The summed E-state index contributed by atoms with van der Waals surface area (Å²) in [6.07, 6.45) is 2.89. The summed E-state index contributed by atoms with van der Waals surface area (Å²) < 4.78 is 15.7. The summed E-state index contributed by atoms with van der Waals surface area (Å²) in [5.41, 5.74) is 1.88. The average Bonchev–Trinajstić information content (AvgIpc) is 3.54. The van der Waals surface area contributed by atoms with Crippen molar-refractivity contribution in [2.24, 2.45) is 0 Å². The zero-order chi connectivity index (χ0) is 23.4. The number of thioether (sulfide) groups is 1. The number of rotatable bonds is 10. The molecule has 1 aliphatic carbocycles. The second-order valence-corrected chi connectivity index (χ2v) is 9.70. The molecule has 174 valence electrons. The summed E-state index contributed by atoms with van der Waals surface area (Å²) in [6.45, 7) is 2.74. The van der Waals surface area contributed by atoms with E-state index in [2.05, 4.69) is 44.0 Å².